The van der Waals surface area contributed by atoms with Crippen molar-refractivity contribution in [2.45, 2.75) is 45.3 Å². The number of nitrogens with one attached hydrogen (secondary N) is 1. The molecule has 2 atom stereocenters. The first-order chi connectivity index (χ1) is 18.1. The molecule has 0 aliphatic carbocycles. The van der Waals surface area contributed by atoms with Gasteiger partial charge in [-0.05, 0) is 36.6 Å². The summed E-state index contributed by atoms with van der Waals surface area (Å²) in [6.07, 6.45) is 1.84. The van der Waals surface area contributed by atoms with Gasteiger partial charge in [-0.25, -0.2) is 12.8 Å². The van der Waals surface area contributed by atoms with Gasteiger partial charge in [0, 0.05) is 19.0 Å². The summed E-state index contributed by atoms with van der Waals surface area (Å²) in [7, 11) is -4.02. The number of sulfonamides is 1. The van der Waals surface area contributed by atoms with Crippen LogP contribution in [0, 0.1) is 5.82 Å². The van der Waals surface area contributed by atoms with Gasteiger partial charge in [-0.2, -0.15) is 0 Å². The number of para-hydroxylation sites is 1. The van der Waals surface area contributed by atoms with Crippen molar-refractivity contribution in [1.29, 1.82) is 0 Å². The fourth-order valence-electron chi connectivity index (χ4n) is 4.02. The molecule has 0 saturated carbocycles. The molecule has 0 aliphatic heterocycles. The SMILES string of the molecule is CCC(C)NC(=O)C(Cc1ccccc1)N(Cc1ccccc1)C(=O)CN(c1ccccc1F)S(C)(=O)=O. The largest absolute Gasteiger partial charge is 0.352 e. The number of carbonyl (C=O) groups excluding carboxylic acids is 2. The highest BCUT2D eigenvalue weighted by Crippen LogP contribution is 2.23. The normalized spacial score (nSPS) is 12.8. The molecule has 0 fully saturated rings. The van der Waals surface area contributed by atoms with E-state index in [9.17, 15) is 22.4 Å². The number of carbonyl (C=O) groups is 2. The highest BCUT2D eigenvalue weighted by atomic mass is 32.2. The first kappa shape index (κ1) is 28.8. The summed E-state index contributed by atoms with van der Waals surface area (Å²) < 4.78 is 40.8. The number of benzene rings is 3. The number of rotatable bonds is 12. The van der Waals surface area contributed by atoms with Crippen LogP contribution in [0.25, 0.3) is 0 Å². The smallest absolute Gasteiger partial charge is 0.244 e. The van der Waals surface area contributed by atoms with E-state index in [2.05, 4.69) is 5.32 Å². The van der Waals surface area contributed by atoms with E-state index >= 15 is 0 Å². The van der Waals surface area contributed by atoms with Crippen LogP contribution >= 0.6 is 0 Å². The first-order valence-corrected chi connectivity index (χ1v) is 14.3. The lowest BCUT2D eigenvalue weighted by Crippen LogP contribution is -2.54. The predicted molar refractivity (Wildman–Crippen MR) is 147 cm³/mol. The Balaban J connectivity index is 2.05. The quantitative estimate of drug-likeness (QED) is 0.375. The van der Waals surface area contributed by atoms with E-state index in [4.69, 9.17) is 0 Å². The lowest BCUT2D eigenvalue weighted by molar-refractivity contribution is -0.140. The maximum absolute atomic E-state index is 14.6. The minimum Gasteiger partial charge on any atom is -0.352 e. The maximum Gasteiger partial charge on any atom is 0.244 e. The number of hydrogen-bond donors (Lipinski definition) is 1. The van der Waals surface area contributed by atoms with Crippen molar-refractivity contribution in [3.63, 3.8) is 0 Å². The molecule has 0 aliphatic rings. The third-order valence-corrected chi connectivity index (χ3v) is 7.39. The Bertz CT molecular complexity index is 1320. The molecule has 3 aromatic carbocycles. The van der Waals surface area contributed by atoms with E-state index in [1.165, 1.54) is 23.1 Å². The Morgan fingerprint density at radius 1 is 0.895 bits per heavy atom. The van der Waals surface area contributed by atoms with Crippen LogP contribution < -0.4 is 9.62 Å². The zero-order chi connectivity index (χ0) is 27.7. The molecule has 0 radical (unpaired) electrons. The second-order valence-electron chi connectivity index (χ2n) is 9.25. The second-order valence-corrected chi connectivity index (χ2v) is 11.2. The second kappa shape index (κ2) is 13.2. The summed E-state index contributed by atoms with van der Waals surface area (Å²) >= 11 is 0. The molecular formula is C29H34FN3O4S. The zero-order valence-electron chi connectivity index (χ0n) is 21.9. The molecule has 0 bridgehead atoms. The molecule has 7 nitrogen and oxygen atoms in total. The standard InChI is InChI=1S/C29H34FN3O4S/c1-4-22(2)31-29(35)27(19-23-13-7-5-8-14-23)32(20-24-15-9-6-10-16-24)28(34)21-33(38(3,36)37)26-18-12-11-17-25(26)30/h5-18,22,27H,4,19-21H2,1-3H3,(H,31,35). The topological polar surface area (TPSA) is 86.8 Å². The van der Waals surface area contributed by atoms with E-state index in [0.717, 1.165) is 27.8 Å². The third-order valence-electron chi connectivity index (χ3n) is 6.27. The summed E-state index contributed by atoms with van der Waals surface area (Å²) in [5, 5.41) is 2.97. The van der Waals surface area contributed by atoms with Gasteiger partial charge in [-0.15, -0.1) is 0 Å². The summed E-state index contributed by atoms with van der Waals surface area (Å²) in [5.41, 5.74) is 1.38. The molecule has 0 aromatic heterocycles. The number of amides is 2. The summed E-state index contributed by atoms with van der Waals surface area (Å²) in [4.78, 5) is 28.8. The summed E-state index contributed by atoms with van der Waals surface area (Å²) in [5.74, 6) is -1.73. The van der Waals surface area contributed by atoms with Gasteiger partial charge >= 0.3 is 0 Å². The van der Waals surface area contributed by atoms with E-state index in [1.807, 2.05) is 74.5 Å². The van der Waals surface area contributed by atoms with Gasteiger partial charge in [0.15, 0.2) is 0 Å². The Morgan fingerprint density at radius 2 is 1.45 bits per heavy atom. The molecule has 9 heteroatoms. The van der Waals surface area contributed by atoms with E-state index in [0.29, 0.717) is 6.42 Å². The molecule has 0 heterocycles. The Hall–Kier alpha value is -3.72. The highest BCUT2D eigenvalue weighted by molar-refractivity contribution is 7.92. The lowest BCUT2D eigenvalue weighted by atomic mass is 10.0. The van der Waals surface area contributed by atoms with Crippen LogP contribution in [0.15, 0.2) is 84.9 Å². The van der Waals surface area contributed by atoms with Crippen LogP contribution in [0.2, 0.25) is 0 Å². The minimum absolute atomic E-state index is 0.0694. The van der Waals surface area contributed by atoms with E-state index < -0.39 is 34.3 Å². The van der Waals surface area contributed by atoms with E-state index in [1.54, 1.807) is 0 Å². The van der Waals surface area contributed by atoms with Crippen molar-refractivity contribution in [2.75, 3.05) is 17.1 Å². The van der Waals surface area contributed by atoms with Crippen LogP contribution in [0.3, 0.4) is 0 Å². The fraction of sp³-hybridized carbons (Fsp3) is 0.310. The molecular weight excluding hydrogens is 505 g/mol. The predicted octanol–water partition coefficient (Wildman–Crippen LogP) is 4.15. The van der Waals surface area contributed by atoms with Gasteiger partial charge < -0.3 is 10.2 Å². The molecule has 1 N–H and O–H groups in total. The maximum atomic E-state index is 14.6. The van der Waals surface area contributed by atoms with Crippen molar-refractivity contribution < 1.29 is 22.4 Å². The minimum atomic E-state index is -4.02. The van der Waals surface area contributed by atoms with Crippen LogP contribution in [0.1, 0.15) is 31.4 Å². The van der Waals surface area contributed by atoms with Crippen molar-refractivity contribution >= 4 is 27.5 Å². The van der Waals surface area contributed by atoms with Gasteiger partial charge in [0.25, 0.3) is 0 Å². The molecule has 3 rings (SSSR count). The number of halogens is 1. The van der Waals surface area contributed by atoms with Gasteiger partial charge in [-0.1, -0.05) is 79.7 Å². The molecule has 2 unspecified atom stereocenters. The van der Waals surface area contributed by atoms with Gasteiger partial charge in [-0.3, -0.25) is 13.9 Å². The highest BCUT2D eigenvalue weighted by Gasteiger charge is 2.33. The average molecular weight is 540 g/mol. The monoisotopic (exact) mass is 539 g/mol. The Morgan fingerprint density at radius 3 is 2.00 bits per heavy atom. The molecule has 202 valence electrons. The van der Waals surface area contributed by atoms with Gasteiger partial charge in [0.05, 0.1) is 11.9 Å². The Kier molecular flexibility index (Phi) is 10.0. The van der Waals surface area contributed by atoms with E-state index in [-0.39, 0.29) is 30.6 Å². The summed E-state index contributed by atoms with van der Waals surface area (Å²) in [6.45, 7) is 3.24. The van der Waals surface area contributed by atoms with Crippen molar-refractivity contribution in [3.05, 3.63) is 102 Å². The van der Waals surface area contributed by atoms with Crippen molar-refractivity contribution in [1.82, 2.24) is 10.2 Å². The lowest BCUT2D eigenvalue weighted by Gasteiger charge is -2.34. The van der Waals surface area contributed by atoms with Crippen LogP contribution in [-0.4, -0.2) is 50.0 Å². The third kappa shape index (κ3) is 7.89. The number of anilines is 1. The first-order valence-electron chi connectivity index (χ1n) is 12.5. The van der Waals surface area contributed by atoms with Crippen LogP contribution in [-0.2, 0) is 32.6 Å². The molecule has 0 saturated heterocycles. The fourth-order valence-corrected chi connectivity index (χ4v) is 4.87. The summed E-state index contributed by atoms with van der Waals surface area (Å²) in [6, 6.07) is 22.8. The van der Waals surface area contributed by atoms with Gasteiger partial charge in [0.2, 0.25) is 21.8 Å². The molecule has 0 spiro atoms. The van der Waals surface area contributed by atoms with Crippen molar-refractivity contribution in [2.24, 2.45) is 0 Å². The van der Waals surface area contributed by atoms with Crippen molar-refractivity contribution in [3.8, 4) is 0 Å². The van der Waals surface area contributed by atoms with Crippen LogP contribution in [0.5, 0.6) is 0 Å². The average Bonchev–Trinajstić information content (AvgIpc) is 2.90. The number of nitrogens with zero attached hydrogens (tertiary/aromatic N) is 2. The molecule has 38 heavy (non-hydrogen) atoms. The Labute approximate surface area is 224 Å². The zero-order valence-corrected chi connectivity index (χ0v) is 22.7. The molecule has 3 aromatic rings. The number of hydrogen-bond acceptors (Lipinski definition) is 4. The van der Waals surface area contributed by atoms with Gasteiger partial charge in [0.1, 0.15) is 18.4 Å². The van der Waals surface area contributed by atoms with Crippen LogP contribution in [0.4, 0.5) is 10.1 Å². The molecule has 2 amide bonds.